The van der Waals surface area contributed by atoms with E-state index in [2.05, 4.69) is 20.6 Å². The third kappa shape index (κ3) is 5.04. The fraction of sp³-hybridized carbons (Fsp3) is 0.190. The van der Waals surface area contributed by atoms with E-state index in [1.54, 1.807) is 13.2 Å². The van der Waals surface area contributed by atoms with Gasteiger partial charge in [0.05, 0.1) is 7.11 Å². The molecule has 0 aliphatic carbocycles. The third-order valence-corrected chi connectivity index (χ3v) is 4.15. The molecule has 3 rings (SSSR count). The fourth-order valence-corrected chi connectivity index (χ4v) is 2.64. The molecule has 0 spiro atoms. The number of carbonyl (C=O) groups is 1. The standard InChI is InChI=1S/C21H22N4O2/c1-15-6-3-4-9-18(15)25-21(26)19-13-20(24-14-23-19)22-11-10-16-7-5-8-17(12-16)27-2/h3-9,12-14H,10-11H2,1-2H3,(H,25,26)(H,22,23,24). The molecule has 3 aromatic rings. The predicted octanol–water partition coefficient (Wildman–Crippen LogP) is 3.70. The number of hydrogen-bond acceptors (Lipinski definition) is 5. The molecule has 0 unspecified atom stereocenters. The van der Waals surface area contributed by atoms with Gasteiger partial charge in [-0.1, -0.05) is 30.3 Å². The minimum Gasteiger partial charge on any atom is -0.497 e. The van der Waals surface area contributed by atoms with Crippen molar-refractivity contribution in [2.24, 2.45) is 0 Å². The van der Waals surface area contributed by atoms with Crippen LogP contribution in [0.2, 0.25) is 0 Å². The highest BCUT2D eigenvalue weighted by Crippen LogP contribution is 2.15. The number of benzene rings is 2. The van der Waals surface area contributed by atoms with Crippen LogP contribution in [0.5, 0.6) is 5.75 Å². The topological polar surface area (TPSA) is 76.1 Å². The van der Waals surface area contributed by atoms with Crippen LogP contribution >= 0.6 is 0 Å². The Kier molecular flexibility index (Phi) is 5.99. The number of para-hydroxylation sites is 1. The SMILES string of the molecule is COc1cccc(CCNc2cc(C(=O)Nc3ccccc3C)ncn2)c1. The Morgan fingerprint density at radius 2 is 1.93 bits per heavy atom. The number of rotatable bonds is 7. The van der Waals surface area contributed by atoms with Crippen molar-refractivity contribution in [2.45, 2.75) is 13.3 Å². The molecule has 1 heterocycles. The normalized spacial score (nSPS) is 10.3. The molecule has 0 saturated heterocycles. The van der Waals surface area contributed by atoms with Gasteiger partial charge in [0.2, 0.25) is 0 Å². The highest BCUT2D eigenvalue weighted by molar-refractivity contribution is 6.03. The molecule has 0 bridgehead atoms. The second-order valence-electron chi connectivity index (χ2n) is 6.09. The maximum atomic E-state index is 12.4. The molecule has 2 aromatic carbocycles. The van der Waals surface area contributed by atoms with Gasteiger partial charge in [-0.05, 0) is 42.7 Å². The van der Waals surface area contributed by atoms with Crippen LogP contribution in [0.3, 0.4) is 0 Å². The Labute approximate surface area is 158 Å². The number of aromatic nitrogens is 2. The molecule has 0 aliphatic rings. The van der Waals surface area contributed by atoms with Crippen LogP contribution in [-0.2, 0) is 6.42 Å². The molecule has 0 atom stereocenters. The van der Waals surface area contributed by atoms with Gasteiger partial charge in [0.15, 0.2) is 0 Å². The molecule has 6 heteroatoms. The summed E-state index contributed by atoms with van der Waals surface area (Å²) in [5.74, 6) is 1.19. The lowest BCUT2D eigenvalue weighted by molar-refractivity contribution is 0.102. The zero-order valence-corrected chi connectivity index (χ0v) is 15.4. The Hall–Kier alpha value is -3.41. The van der Waals surface area contributed by atoms with Gasteiger partial charge in [-0.3, -0.25) is 4.79 Å². The molecule has 138 valence electrons. The lowest BCUT2D eigenvalue weighted by Gasteiger charge is -2.09. The lowest BCUT2D eigenvalue weighted by Crippen LogP contribution is -2.15. The van der Waals surface area contributed by atoms with E-state index in [0.29, 0.717) is 18.1 Å². The van der Waals surface area contributed by atoms with E-state index < -0.39 is 0 Å². The Morgan fingerprint density at radius 3 is 2.74 bits per heavy atom. The van der Waals surface area contributed by atoms with Gasteiger partial charge in [0.1, 0.15) is 23.6 Å². The van der Waals surface area contributed by atoms with E-state index in [-0.39, 0.29) is 5.91 Å². The van der Waals surface area contributed by atoms with Crippen LogP contribution in [0.15, 0.2) is 60.9 Å². The molecule has 27 heavy (non-hydrogen) atoms. The number of amides is 1. The van der Waals surface area contributed by atoms with Crippen LogP contribution in [0, 0.1) is 6.92 Å². The highest BCUT2D eigenvalue weighted by Gasteiger charge is 2.10. The number of hydrogen-bond donors (Lipinski definition) is 2. The van der Waals surface area contributed by atoms with Crippen molar-refractivity contribution >= 4 is 17.4 Å². The zero-order valence-electron chi connectivity index (χ0n) is 15.4. The first-order chi connectivity index (χ1) is 13.2. The number of nitrogens with one attached hydrogen (secondary N) is 2. The quantitative estimate of drug-likeness (QED) is 0.670. The second kappa shape index (κ2) is 8.80. The smallest absolute Gasteiger partial charge is 0.274 e. The van der Waals surface area contributed by atoms with Gasteiger partial charge >= 0.3 is 0 Å². The van der Waals surface area contributed by atoms with Crippen LogP contribution < -0.4 is 15.4 Å². The number of ether oxygens (including phenoxy) is 1. The summed E-state index contributed by atoms with van der Waals surface area (Å²) in [6, 6.07) is 17.2. The minimum atomic E-state index is -0.262. The zero-order chi connectivity index (χ0) is 19.1. The summed E-state index contributed by atoms with van der Waals surface area (Å²) < 4.78 is 5.23. The van der Waals surface area contributed by atoms with E-state index in [1.165, 1.54) is 6.33 Å². The number of aryl methyl sites for hydroxylation is 1. The van der Waals surface area contributed by atoms with Crippen molar-refractivity contribution in [2.75, 3.05) is 24.3 Å². The van der Waals surface area contributed by atoms with E-state index >= 15 is 0 Å². The summed E-state index contributed by atoms with van der Waals surface area (Å²) in [7, 11) is 1.65. The summed E-state index contributed by atoms with van der Waals surface area (Å²) >= 11 is 0. The number of carbonyl (C=O) groups excluding carboxylic acids is 1. The molecule has 6 nitrogen and oxygen atoms in total. The number of methoxy groups -OCH3 is 1. The Balaban J connectivity index is 1.59. The molecule has 1 amide bonds. The van der Waals surface area contributed by atoms with Crippen molar-refractivity contribution in [1.82, 2.24) is 9.97 Å². The van der Waals surface area contributed by atoms with Crippen molar-refractivity contribution in [1.29, 1.82) is 0 Å². The Morgan fingerprint density at radius 1 is 1.07 bits per heavy atom. The summed E-state index contributed by atoms with van der Waals surface area (Å²) in [5.41, 5.74) is 3.25. The van der Waals surface area contributed by atoms with E-state index in [0.717, 1.165) is 29.0 Å². The largest absolute Gasteiger partial charge is 0.497 e. The molecule has 0 aliphatic heterocycles. The summed E-state index contributed by atoms with van der Waals surface area (Å²) in [6.07, 6.45) is 2.20. The number of nitrogens with zero attached hydrogens (tertiary/aromatic N) is 2. The summed E-state index contributed by atoms with van der Waals surface area (Å²) in [4.78, 5) is 20.7. The second-order valence-corrected chi connectivity index (χ2v) is 6.09. The van der Waals surface area contributed by atoms with E-state index in [4.69, 9.17) is 4.74 Å². The van der Waals surface area contributed by atoms with Crippen LogP contribution in [0.4, 0.5) is 11.5 Å². The monoisotopic (exact) mass is 362 g/mol. The molecular weight excluding hydrogens is 340 g/mol. The van der Waals surface area contributed by atoms with Gasteiger partial charge in [-0.15, -0.1) is 0 Å². The van der Waals surface area contributed by atoms with Crippen LogP contribution in [0.25, 0.3) is 0 Å². The minimum absolute atomic E-state index is 0.262. The molecule has 0 fully saturated rings. The van der Waals surface area contributed by atoms with Crippen LogP contribution in [0.1, 0.15) is 21.6 Å². The van der Waals surface area contributed by atoms with Crippen LogP contribution in [-0.4, -0.2) is 29.5 Å². The van der Waals surface area contributed by atoms with Crippen molar-refractivity contribution in [3.8, 4) is 5.75 Å². The van der Waals surface area contributed by atoms with E-state index in [1.807, 2.05) is 55.5 Å². The highest BCUT2D eigenvalue weighted by atomic mass is 16.5. The molecule has 1 aromatic heterocycles. The first kappa shape index (κ1) is 18.4. The van der Waals surface area contributed by atoms with Crippen molar-refractivity contribution in [3.05, 3.63) is 77.7 Å². The predicted molar refractivity (Wildman–Crippen MR) is 106 cm³/mol. The maximum Gasteiger partial charge on any atom is 0.274 e. The fourth-order valence-electron chi connectivity index (χ4n) is 2.64. The van der Waals surface area contributed by atoms with Gasteiger partial charge in [-0.25, -0.2) is 9.97 Å². The molecule has 2 N–H and O–H groups in total. The van der Waals surface area contributed by atoms with E-state index in [9.17, 15) is 4.79 Å². The maximum absolute atomic E-state index is 12.4. The summed E-state index contributed by atoms with van der Waals surface area (Å²) in [5, 5.41) is 6.11. The number of anilines is 2. The average molecular weight is 362 g/mol. The average Bonchev–Trinajstić information content (AvgIpc) is 2.70. The lowest BCUT2D eigenvalue weighted by atomic mass is 10.1. The van der Waals surface area contributed by atoms with Gasteiger partial charge in [-0.2, -0.15) is 0 Å². The molecule has 0 radical (unpaired) electrons. The van der Waals surface area contributed by atoms with Gasteiger partial charge < -0.3 is 15.4 Å². The first-order valence-electron chi connectivity index (χ1n) is 8.71. The first-order valence-corrected chi connectivity index (χ1v) is 8.71. The third-order valence-electron chi connectivity index (χ3n) is 4.15. The molecule has 0 saturated carbocycles. The van der Waals surface area contributed by atoms with Crippen molar-refractivity contribution in [3.63, 3.8) is 0 Å². The molecular formula is C21H22N4O2. The van der Waals surface area contributed by atoms with Gasteiger partial charge in [0, 0.05) is 18.3 Å². The van der Waals surface area contributed by atoms with Crippen molar-refractivity contribution < 1.29 is 9.53 Å². The summed E-state index contributed by atoms with van der Waals surface area (Å²) in [6.45, 7) is 2.63. The Bertz CT molecular complexity index is 927. The van der Waals surface area contributed by atoms with Gasteiger partial charge in [0.25, 0.3) is 5.91 Å².